The van der Waals surface area contributed by atoms with Crippen molar-refractivity contribution < 1.29 is 4.79 Å². The lowest BCUT2D eigenvalue weighted by molar-refractivity contribution is 0.112. The summed E-state index contributed by atoms with van der Waals surface area (Å²) in [7, 11) is 0. The number of aromatic nitrogens is 2. The van der Waals surface area contributed by atoms with Gasteiger partial charge < -0.3 is 0 Å². The molecular weight excluding hydrogens is 252 g/mol. The zero-order chi connectivity index (χ0) is 12.4. The summed E-state index contributed by atoms with van der Waals surface area (Å²) in [5.74, 6) is 0. The number of hydrogen-bond donors (Lipinski definition) is 0. The van der Waals surface area contributed by atoms with Crippen molar-refractivity contribution in [3.8, 4) is 0 Å². The third kappa shape index (κ3) is 2.73. The van der Waals surface area contributed by atoms with Gasteiger partial charge in [0.05, 0.1) is 9.09 Å². The van der Waals surface area contributed by atoms with Gasteiger partial charge in [-0.15, -0.1) is 11.3 Å². The van der Waals surface area contributed by atoms with Crippen molar-refractivity contribution in [1.29, 1.82) is 0 Å². The minimum absolute atomic E-state index is 0.730. The molecule has 0 amide bonds. The second kappa shape index (κ2) is 4.98. The highest BCUT2D eigenvalue weighted by Gasteiger charge is 2.07. The van der Waals surface area contributed by atoms with Gasteiger partial charge in [0.2, 0.25) is 0 Å². The lowest BCUT2D eigenvalue weighted by Crippen LogP contribution is -1.97. The first kappa shape index (κ1) is 12.3. The summed E-state index contributed by atoms with van der Waals surface area (Å²) in [6.07, 6.45) is 0.862. The number of thiophene rings is 1. The highest BCUT2D eigenvalue weighted by Crippen LogP contribution is 2.31. The van der Waals surface area contributed by atoms with Crippen LogP contribution in [0.2, 0.25) is 0 Å². The molecule has 0 N–H and O–H groups in total. The van der Waals surface area contributed by atoms with E-state index in [-0.39, 0.29) is 0 Å². The highest BCUT2D eigenvalue weighted by molar-refractivity contribution is 8.01. The van der Waals surface area contributed by atoms with Gasteiger partial charge in [0.25, 0.3) is 0 Å². The molecular formula is C12H12N2OS2. The Morgan fingerprint density at radius 1 is 1.18 bits per heavy atom. The van der Waals surface area contributed by atoms with Crippen molar-refractivity contribution in [3.63, 3.8) is 0 Å². The minimum Gasteiger partial charge on any atom is -0.297 e. The maximum atomic E-state index is 10.6. The van der Waals surface area contributed by atoms with Gasteiger partial charge in [0, 0.05) is 11.4 Å². The topological polar surface area (TPSA) is 42.9 Å². The third-order valence-corrected chi connectivity index (χ3v) is 4.53. The standard InChI is InChI=1S/C12H12N2OS2/c1-7-8(2)13-12(14-9(7)3)17-11-5-4-10(6-15)16-11/h4-6H,1-3H3. The third-order valence-electron chi connectivity index (χ3n) is 2.52. The van der Waals surface area contributed by atoms with Gasteiger partial charge in [0.15, 0.2) is 11.4 Å². The van der Waals surface area contributed by atoms with Crippen LogP contribution in [0.1, 0.15) is 26.6 Å². The van der Waals surface area contributed by atoms with Crippen molar-refractivity contribution in [2.75, 3.05) is 0 Å². The average molecular weight is 264 g/mol. The van der Waals surface area contributed by atoms with Gasteiger partial charge in [-0.3, -0.25) is 4.79 Å². The monoisotopic (exact) mass is 264 g/mol. The molecule has 2 aromatic heterocycles. The normalized spacial score (nSPS) is 10.5. The molecule has 0 atom stereocenters. The van der Waals surface area contributed by atoms with E-state index in [2.05, 4.69) is 9.97 Å². The Hall–Kier alpha value is -1.20. The molecule has 0 radical (unpaired) electrons. The predicted octanol–water partition coefficient (Wildman–Crippen LogP) is 3.43. The predicted molar refractivity (Wildman–Crippen MR) is 70.1 cm³/mol. The zero-order valence-electron chi connectivity index (χ0n) is 9.85. The second-order valence-corrected chi connectivity index (χ2v) is 6.06. The first-order valence-electron chi connectivity index (χ1n) is 5.15. The van der Waals surface area contributed by atoms with E-state index in [0.29, 0.717) is 0 Å². The molecule has 2 rings (SSSR count). The molecule has 3 nitrogen and oxygen atoms in total. The van der Waals surface area contributed by atoms with Crippen molar-refractivity contribution in [2.24, 2.45) is 0 Å². The van der Waals surface area contributed by atoms with Crippen LogP contribution in [-0.4, -0.2) is 16.3 Å². The van der Waals surface area contributed by atoms with Crippen LogP contribution >= 0.6 is 23.1 Å². The molecule has 0 saturated heterocycles. The quantitative estimate of drug-likeness (QED) is 0.629. The van der Waals surface area contributed by atoms with Gasteiger partial charge in [0.1, 0.15) is 0 Å². The second-order valence-electron chi connectivity index (χ2n) is 3.68. The van der Waals surface area contributed by atoms with Crippen LogP contribution in [0.25, 0.3) is 0 Å². The minimum atomic E-state index is 0.730. The SMILES string of the molecule is Cc1nc(Sc2ccc(C=O)s2)nc(C)c1C. The van der Waals surface area contributed by atoms with E-state index in [4.69, 9.17) is 0 Å². The largest absolute Gasteiger partial charge is 0.297 e. The smallest absolute Gasteiger partial charge is 0.193 e. The molecule has 0 spiro atoms. The number of rotatable bonds is 3. The van der Waals surface area contributed by atoms with Crippen LogP contribution in [-0.2, 0) is 0 Å². The molecule has 0 aromatic carbocycles. The molecule has 0 saturated carbocycles. The Morgan fingerprint density at radius 2 is 1.82 bits per heavy atom. The zero-order valence-corrected chi connectivity index (χ0v) is 11.5. The molecule has 0 aliphatic rings. The van der Waals surface area contributed by atoms with Crippen molar-refractivity contribution in [1.82, 2.24) is 9.97 Å². The summed E-state index contributed by atoms with van der Waals surface area (Å²) in [6.45, 7) is 5.99. The summed E-state index contributed by atoms with van der Waals surface area (Å²) in [5, 5.41) is 0.741. The summed E-state index contributed by atoms with van der Waals surface area (Å²) in [4.78, 5) is 20.2. The molecule has 0 fully saturated rings. The van der Waals surface area contributed by atoms with E-state index in [1.807, 2.05) is 32.9 Å². The Kier molecular flexibility index (Phi) is 3.59. The Balaban J connectivity index is 2.27. The highest BCUT2D eigenvalue weighted by atomic mass is 32.2. The van der Waals surface area contributed by atoms with Gasteiger partial charge in [-0.25, -0.2) is 9.97 Å². The van der Waals surface area contributed by atoms with Crippen LogP contribution in [0.15, 0.2) is 21.5 Å². The molecule has 88 valence electrons. The fraction of sp³-hybridized carbons (Fsp3) is 0.250. The molecule has 0 aliphatic carbocycles. The summed E-state index contributed by atoms with van der Waals surface area (Å²) in [5.41, 5.74) is 3.15. The molecule has 5 heteroatoms. The van der Waals surface area contributed by atoms with E-state index >= 15 is 0 Å². The number of carbonyl (C=O) groups excluding carboxylic acids is 1. The van der Waals surface area contributed by atoms with Crippen LogP contribution < -0.4 is 0 Å². The summed E-state index contributed by atoms with van der Waals surface area (Å²) >= 11 is 2.96. The maximum Gasteiger partial charge on any atom is 0.193 e. The Bertz CT molecular complexity index is 540. The van der Waals surface area contributed by atoms with Gasteiger partial charge >= 0.3 is 0 Å². The van der Waals surface area contributed by atoms with E-state index in [9.17, 15) is 4.79 Å². The molecule has 2 aromatic rings. The maximum absolute atomic E-state index is 10.6. The number of hydrogen-bond acceptors (Lipinski definition) is 5. The number of nitrogens with zero attached hydrogens (tertiary/aromatic N) is 2. The molecule has 0 bridgehead atoms. The summed E-state index contributed by atoms with van der Waals surface area (Å²) in [6, 6.07) is 3.74. The van der Waals surface area contributed by atoms with Gasteiger partial charge in [-0.2, -0.15) is 0 Å². The number of aldehydes is 1. The lowest BCUT2D eigenvalue weighted by Gasteiger charge is -2.05. The van der Waals surface area contributed by atoms with Crippen molar-refractivity contribution >= 4 is 29.4 Å². The number of aryl methyl sites for hydroxylation is 2. The van der Waals surface area contributed by atoms with Gasteiger partial charge in [-0.05, 0) is 50.2 Å². The van der Waals surface area contributed by atoms with E-state index in [1.165, 1.54) is 23.1 Å². The fourth-order valence-electron chi connectivity index (χ4n) is 1.33. The lowest BCUT2D eigenvalue weighted by atomic mass is 10.2. The Morgan fingerprint density at radius 3 is 2.35 bits per heavy atom. The van der Waals surface area contributed by atoms with E-state index in [0.717, 1.165) is 37.5 Å². The van der Waals surface area contributed by atoms with E-state index < -0.39 is 0 Å². The molecule has 0 unspecified atom stereocenters. The molecule has 0 aliphatic heterocycles. The molecule has 17 heavy (non-hydrogen) atoms. The van der Waals surface area contributed by atoms with Crippen LogP contribution in [0.5, 0.6) is 0 Å². The van der Waals surface area contributed by atoms with Gasteiger partial charge in [-0.1, -0.05) is 0 Å². The van der Waals surface area contributed by atoms with Crippen molar-refractivity contribution in [2.45, 2.75) is 30.1 Å². The number of carbonyl (C=O) groups is 1. The fourth-order valence-corrected chi connectivity index (χ4v) is 3.24. The summed E-state index contributed by atoms with van der Waals surface area (Å²) < 4.78 is 1.04. The van der Waals surface area contributed by atoms with Crippen LogP contribution in [0.3, 0.4) is 0 Å². The first-order chi connectivity index (χ1) is 8.10. The first-order valence-corrected chi connectivity index (χ1v) is 6.78. The average Bonchev–Trinajstić information content (AvgIpc) is 2.73. The van der Waals surface area contributed by atoms with Crippen LogP contribution in [0, 0.1) is 20.8 Å². The Labute approximate surface area is 108 Å². The molecule has 2 heterocycles. The van der Waals surface area contributed by atoms with Crippen molar-refractivity contribution in [3.05, 3.63) is 34.0 Å². The van der Waals surface area contributed by atoms with E-state index in [1.54, 1.807) is 0 Å². The van der Waals surface area contributed by atoms with Crippen LogP contribution in [0.4, 0.5) is 0 Å².